The summed E-state index contributed by atoms with van der Waals surface area (Å²) >= 11 is 11.6. The molecule has 1 aliphatic heterocycles. The van der Waals surface area contributed by atoms with Crippen LogP contribution in [0.1, 0.15) is 16.8 Å². The summed E-state index contributed by atoms with van der Waals surface area (Å²) in [5.74, 6) is -0.217. The molecule has 1 aliphatic rings. The van der Waals surface area contributed by atoms with Gasteiger partial charge in [-0.05, 0) is 12.5 Å². The minimum absolute atomic E-state index is 0.217. The number of pyridine rings is 1. The minimum Gasteiger partial charge on any atom is -0.391 e. The van der Waals surface area contributed by atoms with Gasteiger partial charge in [0.1, 0.15) is 5.15 Å². The van der Waals surface area contributed by atoms with Gasteiger partial charge in [-0.3, -0.25) is 4.79 Å². The van der Waals surface area contributed by atoms with Crippen LogP contribution in [0.5, 0.6) is 0 Å². The van der Waals surface area contributed by atoms with Crippen molar-refractivity contribution in [2.45, 2.75) is 12.5 Å². The highest BCUT2D eigenvalue weighted by atomic mass is 35.5. The van der Waals surface area contributed by atoms with Crippen molar-refractivity contribution in [3.05, 3.63) is 28.0 Å². The standard InChI is InChI=1S/C10H10Cl2N2O2/c11-8-4-13-9(12)3-7(8)10(16)14-2-1-6(15)5-14/h3-4,6,15H,1-2,5H2. The summed E-state index contributed by atoms with van der Waals surface area (Å²) in [6.45, 7) is 0.880. The highest BCUT2D eigenvalue weighted by molar-refractivity contribution is 6.35. The van der Waals surface area contributed by atoms with Crippen LogP contribution in [0, 0.1) is 0 Å². The Morgan fingerprint density at radius 2 is 2.31 bits per heavy atom. The van der Waals surface area contributed by atoms with E-state index in [0.717, 1.165) is 0 Å². The average molecular weight is 261 g/mol. The van der Waals surface area contributed by atoms with Gasteiger partial charge < -0.3 is 10.0 Å². The molecule has 1 saturated heterocycles. The molecule has 16 heavy (non-hydrogen) atoms. The van der Waals surface area contributed by atoms with E-state index in [1.807, 2.05) is 0 Å². The largest absolute Gasteiger partial charge is 0.391 e. The molecule has 0 aromatic carbocycles. The average Bonchev–Trinajstić information content (AvgIpc) is 2.67. The number of amides is 1. The maximum absolute atomic E-state index is 12.0. The lowest BCUT2D eigenvalue weighted by Gasteiger charge is -2.16. The molecule has 0 aliphatic carbocycles. The van der Waals surface area contributed by atoms with Crippen LogP contribution >= 0.6 is 23.2 Å². The maximum atomic E-state index is 12.0. The van der Waals surface area contributed by atoms with Gasteiger partial charge in [-0.15, -0.1) is 0 Å². The molecular weight excluding hydrogens is 251 g/mol. The molecule has 1 unspecified atom stereocenters. The fourth-order valence-electron chi connectivity index (χ4n) is 1.67. The minimum atomic E-state index is -0.444. The SMILES string of the molecule is O=C(c1cc(Cl)ncc1Cl)N1CCC(O)C1. The maximum Gasteiger partial charge on any atom is 0.255 e. The van der Waals surface area contributed by atoms with Crippen molar-refractivity contribution in [2.24, 2.45) is 0 Å². The molecule has 2 rings (SSSR count). The summed E-state index contributed by atoms with van der Waals surface area (Å²) < 4.78 is 0. The first-order chi connectivity index (χ1) is 7.58. The molecule has 86 valence electrons. The number of hydrogen-bond donors (Lipinski definition) is 1. The van der Waals surface area contributed by atoms with Gasteiger partial charge in [0.2, 0.25) is 0 Å². The number of halogens is 2. The molecule has 6 heteroatoms. The Morgan fingerprint density at radius 1 is 1.56 bits per heavy atom. The second-order valence-corrected chi connectivity index (χ2v) is 4.47. The highest BCUT2D eigenvalue weighted by Gasteiger charge is 2.26. The number of aliphatic hydroxyl groups excluding tert-OH is 1. The van der Waals surface area contributed by atoms with Crippen molar-refractivity contribution < 1.29 is 9.90 Å². The Morgan fingerprint density at radius 3 is 2.94 bits per heavy atom. The van der Waals surface area contributed by atoms with E-state index in [1.165, 1.54) is 12.3 Å². The Kier molecular flexibility index (Phi) is 3.33. The number of β-amino-alcohol motifs (C(OH)–C–C–N with tert-alkyl or cyclic N) is 1. The zero-order chi connectivity index (χ0) is 11.7. The predicted octanol–water partition coefficient (Wildman–Crippen LogP) is 1.60. The fourth-order valence-corrected chi connectivity index (χ4v) is 2.02. The van der Waals surface area contributed by atoms with Crippen LogP contribution in [0.25, 0.3) is 0 Å². The summed E-state index contributed by atoms with van der Waals surface area (Å²) in [5, 5.41) is 9.86. The second kappa shape index (κ2) is 4.57. The van der Waals surface area contributed by atoms with Crippen LogP contribution in [-0.4, -0.2) is 40.1 Å². The summed E-state index contributed by atoms with van der Waals surface area (Å²) in [7, 11) is 0. The zero-order valence-electron chi connectivity index (χ0n) is 8.36. The van der Waals surface area contributed by atoms with E-state index in [1.54, 1.807) is 4.90 Å². The molecule has 1 aromatic heterocycles. The molecule has 2 heterocycles. The first kappa shape index (κ1) is 11.6. The molecule has 1 N–H and O–H groups in total. The monoisotopic (exact) mass is 260 g/mol. The van der Waals surface area contributed by atoms with E-state index in [4.69, 9.17) is 23.2 Å². The van der Waals surface area contributed by atoms with E-state index < -0.39 is 6.10 Å². The Labute approximate surface area is 103 Å². The van der Waals surface area contributed by atoms with Crippen LogP contribution in [0.15, 0.2) is 12.3 Å². The van der Waals surface area contributed by atoms with Crippen LogP contribution in [0.3, 0.4) is 0 Å². The van der Waals surface area contributed by atoms with Crippen molar-refractivity contribution in [2.75, 3.05) is 13.1 Å². The van der Waals surface area contributed by atoms with Gasteiger partial charge in [-0.25, -0.2) is 4.98 Å². The molecular formula is C10H10Cl2N2O2. The molecule has 4 nitrogen and oxygen atoms in total. The number of carbonyl (C=O) groups excluding carboxylic acids is 1. The number of rotatable bonds is 1. The smallest absolute Gasteiger partial charge is 0.255 e. The number of nitrogens with zero attached hydrogens (tertiary/aromatic N) is 2. The lowest BCUT2D eigenvalue weighted by atomic mass is 10.2. The van der Waals surface area contributed by atoms with E-state index >= 15 is 0 Å². The zero-order valence-corrected chi connectivity index (χ0v) is 9.87. The summed E-state index contributed by atoms with van der Waals surface area (Å²) in [6, 6.07) is 1.44. The first-order valence-corrected chi connectivity index (χ1v) is 5.62. The summed E-state index contributed by atoms with van der Waals surface area (Å²) in [4.78, 5) is 17.3. The normalized spacial score (nSPS) is 20.2. The molecule has 1 fully saturated rings. The van der Waals surface area contributed by atoms with Crippen molar-refractivity contribution in [1.82, 2.24) is 9.88 Å². The molecule has 0 radical (unpaired) electrons. The number of aliphatic hydroxyl groups is 1. The number of hydrogen-bond acceptors (Lipinski definition) is 3. The van der Waals surface area contributed by atoms with Crippen LogP contribution in [0.4, 0.5) is 0 Å². The van der Waals surface area contributed by atoms with Gasteiger partial charge in [0, 0.05) is 19.3 Å². The van der Waals surface area contributed by atoms with Gasteiger partial charge in [0.05, 0.1) is 16.7 Å². The van der Waals surface area contributed by atoms with Gasteiger partial charge in [-0.2, -0.15) is 0 Å². The summed E-state index contributed by atoms with van der Waals surface area (Å²) in [5.41, 5.74) is 0.329. The molecule has 1 amide bonds. The fraction of sp³-hybridized carbons (Fsp3) is 0.400. The molecule has 0 saturated carbocycles. The van der Waals surface area contributed by atoms with Crippen molar-refractivity contribution in [1.29, 1.82) is 0 Å². The van der Waals surface area contributed by atoms with Crippen LogP contribution in [-0.2, 0) is 0 Å². The molecule has 1 atom stereocenters. The Bertz CT molecular complexity index is 425. The second-order valence-electron chi connectivity index (χ2n) is 3.68. The van der Waals surface area contributed by atoms with Gasteiger partial charge in [0.25, 0.3) is 5.91 Å². The lowest BCUT2D eigenvalue weighted by molar-refractivity contribution is 0.0765. The van der Waals surface area contributed by atoms with Crippen LogP contribution < -0.4 is 0 Å². The van der Waals surface area contributed by atoms with Crippen LogP contribution in [0.2, 0.25) is 10.2 Å². The van der Waals surface area contributed by atoms with E-state index in [0.29, 0.717) is 25.1 Å². The number of aromatic nitrogens is 1. The Hall–Kier alpha value is -0.840. The third-order valence-corrected chi connectivity index (χ3v) is 3.01. The quantitative estimate of drug-likeness (QED) is 0.781. The number of likely N-dealkylation sites (tertiary alicyclic amines) is 1. The van der Waals surface area contributed by atoms with Crippen molar-refractivity contribution in [3.63, 3.8) is 0 Å². The third-order valence-electron chi connectivity index (χ3n) is 2.50. The third kappa shape index (κ3) is 2.29. The Balaban J connectivity index is 2.23. The predicted molar refractivity (Wildman–Crippen MR) is 60.8 cm³/mol. The van der Waals surface area contributed by atoms with Gasteiger partial charge in [0.15, 0.2) is 0 Å². The highest BCUT2D eigenvalue weighted by Crippen LogP contribution is 2.21. The van der Waals surface area contributed by atoms with Crippen molar-refractivity contribution in [3.8, 4) is 0 Å². The first-order valence-electron chi connectivity index (χ1n) is 4.86. The van der Waals surface area contributed by atoms with Gasteiger partial charge >= 0.3 is 0 Å². The van der Waals surface area contributed by atoms with E-state index in [2.05, 4.69) is 4.98 Å². The van der Waals surface area contributed by atoms with Gasteiger partial charge in [-0.1, -0.05) is 23.2 Å². The topological polar surface area (TPSA) is 53.4 Å². The molecule has 0 bridgehead atoms. The van der Waals surface area contributed by atoms with E-state index in [-0.39, 0.29) is 16.1 Å². The van der Waals surface area contributed by atoms with E-state index in [9.17, 15) is 9.90 Å². The number of carbonyl (C=O) groups is 1. The van der Waals surface area contributed by atoms with Crippen molar-refractivity contribution >= 4 is 29.1 Å². The lowest BCUT2D eigenvalue weighted by Crippen LogP contribution is -2.29. The molecule has 1 aromatic rings. The summed E-state index contributed by atoms with van der Waals surface area (Å²) in [6.07, 6.45) is 1.51. The molecule has 0 spiro atoms.